The quantitative estimate of drug-likeness (QED) is 0.420. The van der Waals surface area contributed by atoms with Crippen molar-refractivity contribution in [1.29, 1.82) is 0 Å². The zero-order valence-electron chi connectivity index (χ0n) is 5.72. The molecule has 0 N–H and O–H groups in total. The third kappa shape index (κ3) is 1.12. The minimum atomic E-state index is 0.823. The molecule has 0 amide bonds. The van der Waals surface area contributed by atoms with Gasteiger partial charge in [-0.1, -0.05) is 26.0 Å². The standard InChI is InChI=1S/C8H14/c1-7-5-3-4-6-8(7)2/h3,5,7-8H,4,6H2,1-2H3/t7-,8-/m1/s1. The van der Waals surface area contributed by atoms with Gasteiger partial charge in [0.05, 0.1) is 0 Å². The number of hydrogen-bond acceptors (Lipinski definition) is 0. The molecular formula is C8H14. The Morgan fingerprint density at radius 1 is 1.38 bits per heavy atom. The Morgan fingerprint density at radius 3 is 2.50 bits per heavy atom. The molecule has 0 aliphatic heterocycles. The minimum absolute atomic E-state index is 0.823. The minimum Gasteiger partial charge on any atom is -0.0882 e. The maximum Gasteiger partial charge on any atom is -0.0236 e. The van der Waals surface area contributed by atoms with Crippen molar-refractivity contribution in [1.82, 2.24) is 0 Å². The van der Waals surface area contributed by atoms with Crippen LogP contribution in [0.25, 0.3) is 0 Å². The van der Waals surface area contributed by atoms with Crippen LogP contribution in [0.15, 0.2) is 12.2 Å². The first-order chi connectivity index (χ1) is 3.80. The number of allylic oxidation sites excluding steroid dienone is 2. The summed E-state index contributed by atoms with van der Waals surface area (Å²) in [6.45, 7) is 4.62. The van der Waals surface area contributed by atoms with Gasteiger partial charge in [0.2, 0.25) is 0 Å². The molecule has 1 aliphatic carbocycles. The monoisotopic (exact) mass is 110 g/mol. The smallest absolute Gasteiger partial charge is 0.0236 e. The molecule has 0 nitrogen and oxygen atoms in total. The summed E-state index contributed by atoms with van der Waals surface area (Å²) >= 11 is 0. The van der Waals surface area contributed by atoms with E-state index in [0.29, 0.717) is 0 Å². The van der Waals surface area contributed by atoms with Gasteiger partial charge in [-0.05, 0) is 24.7 Å². The number of hydrogen-bond donors (Lipinski definition) is 0. The van der Waals surface area contributed by atoms with Crippen LogP contribution < -0.4 is 0 Å². The highest BCUT2D eigenvalue weighted by atomic mass is 14.2. The lowest BCUT2D eigenvalue weighted by Gasteiger charge is -2.19. The lowest BCUT2D eigenvalue weighted by molar-refractivity contribution is 0.413. The Balaban J connectivity index is 2.47. The summed E-state index contributed by atoms with van der Waals surface area (Å²) < 4.78 is 0. The molecule has 0 aromatic rings. The zero-order chi connectivity index (χ0) is 5.98. The van der Waals surface area contributed by atoms with Gasteiger partial charge in [-0.3, -0.25) is 0 Å². The molecule has 0 heteroatoms. The van der Waals surface area contributed by atoms with Crippen molar-refractivity contribution in [3.8, 4) is 0 Å². The molecular weight excluding hydrogens is 96.1 g/mol. The predicted octanol–water partition coefficient (Wildman–Crippen LogP) is 2.61. The summed E-state index contributed by atoms with van der Waals surface area (Å²) in [5.74, 6) is 1.74. The number of rotatable bonds is 0. The zero-order valence-corrected chi connectivity index (χ0v) is 5.72. The highest BCUT2D eigenvalue weighted by molar-refractivity contribution is 4.93. The Labute approximate surface area is 51.6 Å². The van der Waals surface area contributed by atoms with Gasteiger partial charge in [-0.2, -0.15) is 0 Å². The normalized spacial score (nSPS) is 37.8. The van der Waals surface area contributed by atoms with E-state index >= 15 is 0 Å². The lowest BCUT2D eigenvalue weighted by atomic mass is 9.87. The average Bonchev–Trinajstić information content (AvgIpc) is 1.77. The molecule has 0 fully saturated rings. The van der Waals surface area contributed by atoms with Crippen LogP contribution in [-0.2, 0) is 0 Å². The SMILES string of the molecule is C[C@@H]1C=CCC[C@H]1C. The first kappa shape index (κ1) is 5.87. The first-order valence-corrected chi connectivity index (χ1v) is 3.47. The van der Waals surface area contributed by atoms with Crippen LogP contribution in [-0.4, -0.2) is 0 Å². The molecule has 1 rings (SSSR count). The van der Waals surface area contributed by atoms with Crippen LogP contribution in [0.3, 0.4) is 0 Å². The van der Waals surface area contributed by atoms with Crippen molar-refractivity contribution < 1.29 is 0 Å². The molecule has 0 spiro atoms. The first-order valence-electron chi connectivity index (χ1n) is 3.47. The Hall–Kier alpha value is -0.260. The van der Waals surface area contributed by atoms with E-state index < -0.39 is 0 Å². The Kier molecular flexibility index (Phi) is 1.72. The fourth-order valence-corrected chi connectivity index (χ4v) is 1.12. The summed E-state index contributed by atoms with van der Waals surface area (Å²) in [6, 6.07) is 0. The van der Waals surface area contributed by atoms with Gasteiger partial charge >= 0.3 is 0 Å². The maximum absolute atomic E-state index is 2.33. The third-order valence-corrected chi connectivity index (χ3v) is 2.13. The second-order valence-electron chi connectivity index (χ2n) is 2.84. The van der Waals surface area contributed by atoms with Gasteiger partial charge in [0.1, 0.15) is 0 Å². The van der Waals surface area contributed by atoms with Gasteiger partial charge in [-0.25, -0.2) is 0 Å². The molecule has 0 unspecified atom stereocenters. The topological polar surface area (TPSA) is 0 Å². The molecule has 8 heavy (non-hydrogen) atoms. The average molecular weight is 110 g/mol. The molecule has 0 heterocycles. The summed E-state index contributed by atoms with van der Waals surface area (Å²) in [7, 11) is 0. The van der Waals surface area contributed by atoms with Crippen molar-refractivity contribution >= 4 is 0 Å². The van der Waals surface area contributed by atoms with Gasteiger partial charge in [0.15, 0.2) is 0 Å². The second-order valence-corrected chi connectivity index (χ2v) is 2.84. The van der Waals surface area contributed by atoms with E-state index in [1.165, 1.54) is 12.8 Å². The van der Waals surface area contributed by atoms with Crippen molar-refractivity contribution in [3.05, 3.63) is 12.2 Å². The largest absolute Gasteiger partial charge is 0.0882 e. The van der Waals surface area contributed by atoms with E-state index in [1.54, 1.807) is 0 Å². The van der Waals surface area contributed by atoms with Gasteiger partial charge in [0.25, 0.3) is 0 Å². The van der Waals surface area contributed by atoms with Crippen LogP contribution >= 0.6 is 0 Å². The van der Waals surface area contributed by atoms with E-state index in [-0.39, 0.29) is 0 Å². The molecule has 0 saturated carbocycles. The fourth-order valence-electron chi connectivity index (χ4n) is 1.12. The van der Waals surface area contributed by atoms with Crippen LogP contribution in [0.2, 0.25) is 0 Å². The lowest BCUT2D eigenvalue weighted by Crippen LogP contribution is -2.07. The van der Waals surface area contributed by atoms with Crippen molar-refractivity contribution in [2.75, 3.05) is 0 Å². The molecule has 0 aromatic carbocycles. The molecule has 46 valence electrons. The summed E-state index contributed by atoms with van der Waals surface area (Å²) in [6.07, 6.45) is 7.31. The Bertz CT molecular complexity index is 92.2. The maximum atomic E-state index is 2.33. The summed E-state index contributed by atoms with van der Waals surface area (Å²) in [5.41, 5.74) is 0. The summed E-state index contributed by atoms with van der Waals surface area (Å²) in [4.78, 5) is 0. The Morgan fingerprint density at radius 2 is 2.12 bits per heavy atom. The molecule has 1 aliphatic rings. The van der Waals surface area contributed by atoms with Gasteiger partial charge < -0.3 is 0 Å². The third-order valence-electron chi connectivity index (χ3n) is 2.13. The molecule has 0 radical (unpaired) electrons. The van der Waals surface area contributed by atoms with E-state index in [9.17, 15) is 0 Å². The molecule has 2 atom stereocenters. The van der Waals surface area contributed by atoms with E-state index in [2.05, 4.69) is 26.0 Å². The van der Waals surface area contributed by atoms with E-state index in [1.807, 2.05) is 0 Å². The van der Waals surface area contributed by atoms with Crippen LogP contribution in [0.5, 0.6) is 0 Å². The van der Waals surface area contributed by atoms with Crippen LogP contribution in [0.4, 0.5) is 0 Å². The second kappa shape index (κ2) is 2.34. The van der Waals surface area contributed by atoms with E-state index in [0.717, 1.165) is 11.8 Å². The molecule has 0 saturated heterocycles. The van der Waals surface area contributed by atoms with Crippen molar-refractivity contribution in [2.24, 2.45) is 11.8 Å². The molecule has 0 aromatic heterocycles. The summed E-state index contributed by atoms with van der Waals surface area (Å²) in [5, 5.41) is 0. The highest BCUT2D eigenvalue weighted by Gasteiger charge is 2.10. The fraction of sp³-hybridized carbons (Fsp3) is 0.750. The van der Waals surface area contributed by atoms with Gasteiger partial charge in [0, 0.05) is 0 Å². The van der Waals surface area contributed by atoms with E-state index in [4.69, 9.17) is 0 Å². The van der Waals surface area contributed by atoms with Crippen LogP contribution in [0, 0.1) is 11.8 Å². The van der Waals surface area contributed by atoms with Crippen LogP contribution in [0.1, 0.15) is 26.7 Å². The van der Waals surface area contributed by atoms with Gasteiger partial charge in [-0.15, -0.1) is 0 Å². The molecule has 0 bridgehead atoms. The van der Waals surface area contributed by atoms with Crippen molar-refractivity contribution in [3.63, 3.8) is 0 Å². The highest BCUT2D eigenvalue weighted by Crippen LogP contribution is 2.22. The van der Waals surface area contributed by atoms with Crippen molar-refractivity contribution in [2.45, 2.75) is 26.7 Å². The predicted molar refractivity (Wildman–Crippen MR) is 36.7 cm³/mol.